The van der Waals surface area contributed by atoms with Crippen molar-refractivity contribution in [2.45, 2.75) is 0 Å². The van der Waals surface area contributed by atoms with Crippen LogP contribution in [0.3, 0.4) is 0 Å². The largest absolute Gasteiger partial charge is 0.336 e. The summed E-state index contributed by atoms with van der Waals surface area (Å²) in [6.45, 7) is 3.37. The second-order valence-corrected chi connectivity index (χ2v) is 4.34. The third-order valence-electron chi connectivity index (χ3n) is 3.08. The molecule has 0 N–H and O–H groups in total. The fourth-order valence-corrected chi connectivity index (χ4v) is 1.90. The predicted molar refractivity (Wildman–Crippen MR) is 65.2 cm³/mol. The molecule has 4 heteroatoms. The molecule has 1 fully saturated rings. The Labute approximate surface area is 101 Å². The average molecular weight is 232 g/mol. The van der Waals surface area contributed by atoms with Gasteiger partial charge in [-0.15, -0.1) is 0 Å². The first-order valence-electron chi connectivity index (χ1n) is 5.74. The molecule has 0 bridgehead atoms. The molecule has 1 aliphatic rings. The number of benzene rings is 1. The molecule has 1 aromatic rings. The normalized spacial score (nSPS) is 16.9. The van der Waals surface area contributed by atoms with Crippen molar-refractivity contribution < 1.29 is 9.59 Å². The molecule has 0 radical (unpaired) electrons. The predicted octanol–water partition coefficient (Wildman–Crippen LogP) is 0.887. The zero-order valence-corrected chi connectivity index (χ0v) is 9.93. The smallest absolute Gasteiger partial charge is 0.253 e. The number of carbonyl (C=O) groups excluding carboxylic acids is 2. The summed E-state index contributed by atoms with van der Waals surface area (Å²) in [5.41, 5.74) is 1.25. The van der Waals surface area contributed by atoms with E-state index < -0.39 is 0 Å². The van der Waals surface area contributed by atoms with Crippen LogP contribution in [0.25, 0.3) is 0 Å². The highest BCUT2D eigenvalue weighted by Gasteiger charge is 2.19. The van der Waals surface area contributed by atoms with Gasteiger partial charge in [-0.25, -0.2) is 0 Å². The van der Waals surface area contributed by atoms with E-state index in [1.807, 2.05) is 4.90 Å². The Balaban J connectivity index is 2.06. The van der Waals surface area contributed by atoms with Gasteiger partial charge in [0.25, 0.3) is 5.91 Å². The molecule has 0 saturated carbocycles. The molecule has 0 aromatic heterocycles. The van der Waals surface area contributed by atoms with Crippen LogP contribution in [0.15, 0.2) is 24.3 Å². The highest BCUT2D eigenvalue weighted by atomic mass is 16.2. The number of piperazine rings is 1. The molecule has 17 heavy (non-hydrogen) atoms. The maximum Gasteiger partial charge on any atom is 0.253 e. The van der Waals surface area contributed by atoms with Crippen LogP contribution in [0.4, 0.5) is 0 Å². The molecule has 4 nitrogen and oxygen atoms in total. The van der Waals surface area contributed by atoms with Crippen LogP contribution in [-0.4, -0.2) is 55.2 Å². The molecule has 1 amide bonds. The maximum absolute atomic E-state index is 12.1. The standard InChI is InChI=1S/C13H16N2O2/c1-14-6-8-15(9-7-14)13(17)12-4-2-11(10-16)3-5-12/h2-5,10H,6-9H2,1H3. The highest BCUT2D eigenvalue weighted by Crippen LogP contribution is 2.09. The zero-order valence-electron chi connectivity index (χ0n) is 9.93. The van der Waals surface area contributed by atoms with Crippen LogP contribution in [-0.2, 0) is 0 Å². The van der Waals surface area contributed by atoms with E-state index in [1.165, 1.54) is 0 Å². The van der Waals surface area contributed by atoms with Gasteiger partial charge in [-0.3, -0.25) is 9.59 Å². The SMILES string of the molecule is CN1CCN(C(=O)c2ccc(C=O)cc2)CC1. The summed E-state index contributed by atoms with van der Waals surface area (Å²) in [5, 5.41) is 0. The number of hydrogen-bond acceptors (Lipinski definition) is 3. The van der Waals surface area contributed by atoms with Crippen molar-refractivity contribution in [2.24, 2.45) is 0 Å². The molecule has 0 aliphatic carbocycles. The average Bonchev–Trinajstić information content (AvgIpc) is 2.39. The maximum atomic E-state index is 12.1. The van der Waals surface area contributed by atoms with E-state index in [-0.39, 0.29) is 5.91 Å². The molecular formula is C13H16N2O2. The molecule has 1 saturated heterocycles. The van der Waals surface area contributed by atoms with Gasteiger partial charge in [0.05, 0.1) is 0 Å². The van der Waals surface area contributed by atoms with Crippen LogP contribution < -0.4 is 0 Å². The van der Waals surface area contributed by atoms with Gasteiger partial charge in [0, 0.05) is 37.3 Å². The highest BCUT2D eigenvalue weighted by molar-refractivity contribution is 5.94. The number of hydrogen-bond donors (Lipinski definition) is 0. The fraction of sp³-hybridized carbons (Fsp3) is 0.385. The Morgan fingerprint density at radius 3 is 2.24 bits per heavy atom. The van der Waals surface area contributed by atoms with Gasteiger partial charge in [-0.05, 0) is 19.2 Å². The topological polar surface area (TPSA) is 40.6 Å². The van der Waals surface area contributed by atoms with Gasteiger partial charge in [-0.2, -0.15) is 0 Å². The van der Waals surface area contributed by atoms with Crippen molar-refractivity contribution in [1.29, 1.82) is 0 Å². The second-order valence-electron chi connectivity index (χ2n) is 4.34. The van der Waals surface area contributed by atoms with Crippen molar-refractivity contribution >= 4 is 12.2 Å². The molecule has 1 heterocycles. The van der Waals surface area contributed by atoms with Crippen LogP contribution in [0.1, 0.15) is 20.7 Å². The number of rotatable bonds is 2. The third kappa shape index (κ3) is 2.71. The van der Waals surface area contributed by atoms with Crippen LogP contribution in [0.5, 0.6) is 0 Å². The first-order chi connectivity index (χ1) is 8.20. The van der Waals surface area contributed by atoms with Gasteiger partial charge < -0.3 is 9.80 Å². The van der Waals surface area contributed by atoms with Gasteiger partial charge in [0.2, 0.25) is 0 Å². The number of amides is 1. The zero-order chi connectivity index (χ0) is 12.3. The fourth-order valence-electron chi connectivity index (χ4n) is 1.90. The van der Waals surface area contributed by atoms with E-state index in [0.29, 0.717) is 11.1 Å². The molecule has 1 aromatic carbocycles. The van der Waals surface area contributed by atoms with Gasteiger partial charge in [0.1, 0.15) is 6.29 Å². The molecule has 0 unspecified atom stereocenters. The summed E-state index contributed by atoms with van der Waals surface area (Å²) in [5.74, 6) is 0.0514. The molecule has 0 spiro atoms. The number of aldehydes is 1. The summed E-state index contributed by atoms with van der Waals surface area (Å²) < 4.78 is 0. The van der Waals surface area contributed by atoms with Crippen LogP contribution in [0.2, 0.25) is 0 Å². The molecular weight excluding hydrogens is 216 g/mol. The minimum absolute atomic E-state index is 0.0514. The Kier molecular flexibility index (Phi) is 3.54. The van der Waals surface area contributed by atoms with Gasteiger partial charge in [-0.1, -0.05) is 12.1 Å². The monoisotopic (exact) mass is 232 g/mol. The lowest BCUT2D eigenvalue weighted by Gasteiger charge is -2.32. The Hall–Kier alpha value is -1.68. The minimum Gasteiger partial charge on any atom is -0.336 e. The Bertz CT molecular complexity index is 406. The molecule has 1 aliphatic heterocycles. The Morgan fingerprint density at radius 2 is 1.71 bits per heavy atom. The molecule has 2 rings (SSSR count). The summed E-state index contributed by atoms with van der Waals surface area (Å²) in [6.07, 6.45) is 0.782. The summed E-state index contributed by atoms with van der Waals surface area (Å²) in [4.78, 5) is 26.7. The molecule has 90 valence electrons. The van der Waals surface area contributed by atoms with Crippen molar-refractivity contribution in [3.63, 3.8) is 0 Å². The Morgan fingerprint density at radius 1 is 1.12 bits per heavy atom. The minimum atomic E-state index is 0.0514. The van der Waals surface area contributed by atoms with Gasteiger partial charge >= 0.3 is 0 Å². The first-order valence-corrected chi connectivity index (χ1v) is 5.74. The van der Waals surface area contributed by atoms with Crippen molar-refractivity contribution in [2.75, 3.05) is 33.2 Å². The van der Waals surface area contributed by atoms with E-state index in [0.717, 1.165) is 32.5 Å². The van der Waals surface area contributed by atoms with Crippen LogP contribution >= 0.6 is 0 Å². The number of carbonyl (C=O) groups is 2. The number of nitrogens with zero attached hydrogens (tertiary/aromatic N) is 2. The van der Waals surface area contributed by atoms with E-state index in [4.69, 9.17) is 0 Å². The number of likely N-dealkylation sites (N-methyl/N-ethyl adjacent to an activating group) is 1. The van der Waals surface area contributed by atoms with E-state index in [2.05, 4.69) is 11.9 Å². The lowest BCUT2D eigenvalue weighted by molar-refractivity contribution is 0.0664. The summed E-state index contributed by atoms with van der Waals surface area (Å²) >= 11 is 0. The first kappa shape index (κ1) is 11.8. The van der Waals surface area contributed by atoms with Crippen molar-refractivity contribution in [3.05, 3.63) is 35.4 Å². The van der Waals surface area contributed by atoms with E-state index >= 15 is 0 Å². The van der Waals surface area contributed by atoms with Crippen molar-refractivity contribution in [3.8, 4) is 0 Å². The van der Waals surface area contributed by atoms with Crippen molar-refractivity contribution in [1.82, 2.24) is 9.80 Å². The quantitative estimate of drug-likeness (QED) is 0.711. The lowest BCUT2D eigenvalue weighted by atomic mass is 10.1. The molecule has 0 atom stereocenters. The summed E-state index contributed by atoms with van der Waals surface area (Å²) in [7, 11) is 2.06. The lowest BCUT2D eigenvalue weighted by Crippen LogP contribution is -2.47. The second kappa shape index (κ2) is 5.10. The van der Waals surface area contributed by atoms with Gasteiger partial charge in [0.15, 0.2) is 0 Å². The van der Waals surface area contributed by atoms with E-state index in [1.54, 1.807) is 24.3 Å². The summed E-state index contributed by atoms with van der Waals surface area (Å²) in [6, 6.07) is 6.78. The van der Waals surface area contributed by atoms with Crippen LogP contribution in [0, 0.1) is 0 Å². The third-order valence-corrected chi connectivity index (χ3v) is 3.08. The van der Waals surface area contributed by atoms with E-state index in [9.17, 15) is 9.59 Å².